The van der Waals surface area contributed by atoms with Crippen molar-refractivity contribution in [2.24, 2.45) is 5.92 Å². The second kappa shape index (κ2) is 10.5. The van der Waals surface area contributed by atoms with Gasteiger partial charge in [0.05, 0.1) is 6.54 Å². The summed E-state index contributed by atoms with van der Waals surface area (Å²) < 4.78 is 1.56. The maximum absolute atomic E-state index is 12.2. The number of nitrogens with zero attached hydrogens (tertiary/aromatic N) is 1. The minimum atomic E-state index is -0.351. The summed E-state index contributed by atoms with van der Waals surface area (Å²) in [5.41, 5.74) is 1.82. The Morgan fingerprint density at radius 1 is 1.36 bits per heavy atom. The number of aryl methyl sites for hydroxylation is 1. The first-order chi connectivity index (χ1) is 13.5. The summed E-state index contributed by atoms with van der Waals surface area (Å²) in [6.45, 7) is 6.21. The van der Waals surface area contributed by atoms with Crippen LogP contribution >= 0.6 is 0 Å². The molecule has 2 aromatic rings. The van der Waals surface area contributed by atoms with Crippen LogP contribution in [0, 0.1) is 12.8 Å². The number of aliphatic hydroxyl groups is 1. The highest BCUT2D eigenvalue weighted by molar-refractivity contribution is 5.93. The van der Waals surface area contributed by atoms with Crippen molar-refractivity contribution in [3.05, 3.63) is 82.4 Å². The van der Waals surface area contributed by atoms with E-state index in [1.807, 2.05) is 37.3 Å². The van der Waals surface area contributed by atoms with Gasteiger partial charge in [-0.25, -0.2) is 0 Å². The second-order valence-corrected chi connectivity index (χ2v) is 6.91. The second-order valence-electron chi connectivity index (χ2n) is 6.91. The van der Waals surface area contributed by atoms with Crippen LogP contribution in [0.5, 0.6) is 0 Å². The van der Waals surface area contributed by atoms with Gasteiger partial charge in [-0.1, -0.05) is 36.9 Å². The van der Waals surface area contributed by atoms with Gasteiger partial charge in [0, 0.05) is 25.9 Å². The zero-order valence-corrected chi connectivity index (χ0v) is 16.5. The smallest absolute Gasteiger partial charge is 0.263 e. The van der Waals surface area contributed by atoms with Crippen molar-refractivity contribution in [1.82, 2.24) is 15.2 Å². The highest BCUT2D eigenvalue weighted by Crippen LogP contribution is 2.32. The molecule has 1 fully saturated rings. The highest BCUT2D eigenvalue weighted by atomic mass is 16.3. The zero-order chi connectivity index (χ0) is 20.5. The lowest BCUT2D eigenvalue weighted by Crippen LogP contribution is -2.31. The molecule has 1 saturated carbocycles. The largest absolute Gasteiger partial charge is 0.396 e. The molecule has 1 unspecified atom stereocenters. The Hall–Kier alpha value is -2.86. The van der Waals surface area contributed by atoms with Crippen molar-refractivity contribution in [2.75, 3.05) is 13.7 Å². The van der Waals surface area contributed by atoms with Crippen LogP contribution in [-0.2, 0) is 6.54 Å². The van der Waals surface area contributed by atoms with Crippen LogP contribution in [0.15, 0.2) is 60.2 Å². The molecule has 1 aliphatic carbocycles. The summed E-state index contributed by atoms with van der Waals surface area (Å²) >= 11 is 0. The minimum absolute atomic E-state index is 0.179. The number of amides is 1. The first-order valence-corrected chi connectivity index (χ1v) is 9.45. The van der Waals surface area contributed by atoms with Gasteiger partial charge in [0.25, 0.3) is 11.5 Å². The van der Waals surface area contributed by atoms with Crippen LogP contribution in [0.3, 0.4) is 0 Å². The van der Waals surface area contributed by atoms with Gasteiger partial charge in [-0.05, 0) is 49.1 Å². The van der Waals surface area contributed by atoms with E-state index in [2.05, 4.69) is 17.2 Å². The number of hydrogen-bond donors (Lipinski definition) is 3. The predicted octanol–water partition coefficient (Wildman–Crippen LogP) is 2.06. The Labute approximate surface area is 165 Å². The monoisotopic (exact) mass is 383 g/mol. The minimum Gasteiger partial charge on any atom is -0.396 e. The third-order valence-electron chi connectivity index (χ3n) is 4.64. The van der Waals surface area contributed by atoms with E-state index >= 15 is 0 Å². The molecule has 6 heteroatoms. The molecular formula is C22H29N3O3. The molecule has 28 heavy (non-hydrogen) atoms. The van der Waals surface area contributed by atoms with Crippen molar-refractivity contribution in [3.8, 4) is 0 Å². The SMILES string of the molecule is C=CN[C@H]1CC1CCO.CNC(=O)c1cc(C)cn(Cc2ccccc2)c1=O. The predicted molar refractivity (Wildman–Crippen MR) is 111 cm³/mol. The van der Waals surface area contributed by atoms with Gasteiger partial charge in [-0.15, -0.1) is 0 Å². The van der Waals surface area contributed by atoms with E-state index < -0.39 is 0 Å². The Balaban J connectivity index is 0.000000261. The number of aliphatic hydroxyl groups excluding tert-OH is 1. The molecule has 1 amide bonds. The van der Waals surface area contributed by atoms with Crippen LogP contribution < -0.4 is 16.2 Å². The average Bonchev–Trinajstić information content (AvgIpc) is 3.43. The van der Waals surface area contributed by atoms with Gasteiger partial charge >= 0.3 is 0 Å². The Morgan fingerprint density at radius 2 is 2.07 bits per heavy atom. The summed E-state index contributed by atoms with van der Waals surface area (Å²) in [4.78, 5) is 23.9. The van der Waals surface area contributed by atoms with Crippen LogP contribution in [0.1, 0.15) is 34.3 Å². The molecule has 150 valence electrons. The fourth-order valence-electron chi connectivity index (χ4n) is 3.07. The number of hydrogen-bond acceptors (Lipinski definition) is 4. The fraction of sp³-hybridized carbons (Fsp3) is 0.364. The normalized spacial score (nSPS) is 17.1. The lowest BCUT2D eigenvalue weighted by molar-refractivity contribution is 0.0961. The molecule has 0 radical (unpaired) electrons. The van der Waals surface area contributed by atoms with Crippen LogP contribution in [0.2, 0.25) is 0 Å². The number of carbonyl (C=O) groups is 1. The Kier molecular flexibility index (Phi) is 8.02. The molecule has 0 bridgehead atoms. The van der Waals surface area contributed by atoms with Crippen molar-refractivity contribution in [3.63, 3.8) is 0 Å². The number of benzene rings is 1. The number of pyridine rings is 1. The molecule has 1 aromatic heterocycles. The first-order valence-electron chi connectivity index (χ1n) is 9.45. The number of carbonyl (C=O) groups excluding carboxylic acids is 1. The van der Waals surface area contributed by atoms with Crippen molar-refractivity contribution in [2.45, 2.75) is 32.4 Å². The van der Waals surface area contributed by atoms with Crippen LogP contribution in [-0.4, -0.2) is 35.3 Å². The molecule has 1 heterocycles. The van der Waals surface area contributed by atoms with E-state index in [0.717, 1.165) is 17.5 Å². The Bertz CT molecular complexity index is 846. The maximum atomic E-state index is 12.2. The van der Waals surface area contributed by atoms with Gasteiger partial charge in [0.2, 0.25) is 0 Å². The molecule has 1 aliphatic rings. The van der Waals surface area contributed by atoms with Crippen LogP contribution in [0.4, 0.5) is 0 Å². The molecule has 6 nitrogen and oxygen atoms in total. The fourth-order valence-corrected chi connectivity index (χ4v) is 3.07. The van der Waals surface area contributed by atoms with E-state index in [0.29, 0.717) is 25.1 Å². The summed E-state index contributed by atoms with van der Waals surface area (Å²) in [6.07, 6.45) is 5.63. The summed E-state index contributed by atoms with van der Waals surface area (Å²) in [5, 5.41) is 14.1. The number of aromatic nitrogens is 1. The number of rotatable bonds is 7. The summed E-state index contributed by atoms with van der Waals surface area (Å²) in [7, 11) is 1.52. The van der Waals surface area contributed by atoms with Crippen molar-refractivity contribution < 1.29 is 9.90 Å². The van der Waals surface area contributed by atoms with Gasteiger partial charge in [0.1, 0.15) is 5.56 Å². The molecule has 3 N–H and O–H groups in total. The quantitative estimate of drug-likeness (QED) is 0.683. The van der Waals surface area contributed by atoms with E-state index in [-0.39, 0.29) is 17.0 Å². The summed E-state index contributed by atoms with van der Waals surface area (Å²) in [5.74, 6) is 0.350. The van der Waals surface area contributed by atoms with Crippen LogP contribution in [0.25, 0.3) is 0 Å². The van der Waals surface area contributed by atoms with Gasteiger partial charge in [0.15, 0.2) is 0 Å². The van der Waals surface area contributed by atoms with E-state index in [1.165, 1.54) is 13.5 Å². The average molecular weight is 383 g/mol. The third kappa shape index (κ3) is 6.09. The molecule has 0 saturated heterocycles. The maximum Gasteiger partial charge on any atom is 0.263 e. The molecular weight excluding hydrogens is 354 g/mol. The first kappa shape index (κ1) is 21.4. The van der Waals surface area contributed by atoms with E-state index in [1.54, 1.807) is 23.0 Å². The number of nitrogens with one attached hydrogen (secondary N) is 2. The van der Waals surface area contributed by atoms with Gasteiger partial charge in [-0.3, -0.25) is 9.59 Å². The van der Waals surface area contributed by atoms with E-state index in [4.69, 9.17) is 5.11 Å². The molecule has 3 rings (SSSR count). The lowest BCUT2D eigenvalue weighted by Gasteiger charge is -2.09. The topological polar surface area (TPSA) is 83.4 Å². The van der Waals surface area contributed by atoms with Crippen molar-refractivity contribution in [1.29, 1.82) is 0 Å². The summed E-state index contributed by atoms with van der Waals surface area (Å²) in [6, 6.07) is 11.9. The molecule has 0 aliphatic heterocycles. The van der Waals surface area contributed by atoms with Crippen molar-refractivity contribution >= 4 is 5.91 Å². The van der Waals surface area contributed by atoms with Gasteiger partial charge in [-0.2, -0.15) is 0 Å². The molecule has 2 atom stereocenters. The zero-order valence-electron chi connectivity index (χ0n) is 16.5. The lowest BCUT2D eigenvalue weighted by atomic mass is 10.1. The van der Waals surface area contributed by atoms with Gasteiger partial charge < -0.3 is 20.3 Å². The van der Waals surface area contributed by atoms with E-state index in [9.17, 15) is 9.59 Å². The standard InChI is InChI=1S/C15H16N2O2.C7H13NO/c1-11-8-13(14(18)16-2)15(19)17(9-11)10-12-6-4-3-5-7-12;1-2-8-7-5-6(7)3-4-9/h3-9H,10H2,1-2H3,(H,16,18);2,6-9H,1,3-5H2/t;6?,7-/m.0/s1. The molecule has 0 spiro atoms. The molecule has 1 aromatic carbocycles. The third-order valence-corrected chi connectivity index (χ3v) is 4.64. The Morgan fingerprint density at radius 3 is 2.68 bits per heavy atom. The highest BCUT2D eigenvalue weighted by Gasteiger charge is 2.34.